The van der Waals surface area contributed by atoms with E-state index in [9.17, 15) is 4.79 Å². The van der Waals surface area contributed by atoms with Crippen molar-refractivity contribution in [3.05, 3.63) is 12.8 Å². The Balaban J connectivity index is 3.25. The van der Waals surface area contributed by atoms with Crippen LogP contribution >= 0.6 is 11.8 Å². The van der Waals surface area contributed by atoms with Gasteiger partial charge in [-0.25, -0.2) is 4.79 Å². The van der Waals surface area contributed by atoms with Crippen molar-refractivity contribution in [3.8, 4) is 0 Å². The Hall–Kier alpha value is -0.0462. The number of thioether (sulfide) groups is 1. The molecule has 0 heterocycles. The minimum Gasteiger partial charge on any atom is -0.461 e. The summed E-state index contributed by atoms with van der Waals surface area (Å²) in [6.07, 6.45) is 2.20. The Labute approximate surface area is 99.7 Å². The van der Waals surface area contributed by atoms with Crippen LogP contribution in [0.2, 0.25) is 25.7 Å². The van der Waals surface area contributed by atoms with Gasteiger partial charge in [0.25, 0.3) is 0 Å². The van der Waals surface area contributed by atoms with E-state index < -0.39 is 8.32 Å². The highest BCUT2D eigenvalue weighted by molar-refractivity contribution is 8.13. The summed E-state index contributed by atoms with van der Waals surface area (Å²) in [6.45, 7) is 9.93. The lowest BCUT2D eigenvalue weighted by molar-refractivity contribution is 0.214. The molecule has 0 atom stereocenters. The zero-order valence-electron chi connectivity index (χ0n) is 9.75. The summed E-state index contributed by atoms with van der Waals surface area (Å²) < 4.78 is 10.4. The standard InChI is InChI=1S/C9H20O3SSi2/c1-5-11-9(10)13-7-6-8-14-12-15(2,3)4/h5H,1,6-8,14H2,2-4H3. The largest absolute Gasteiger partial charge is 0.461 e. The zero-order chi connectivity index (χ0) is 11.7. The summed E-state index contributed by atoms with van der Waals surface area (Å²) in [4.78, 5) is 10.9. The Morgan fingerprint density at radius 2 is 2.20 bits per heavy atom. The van der Waals surface area contributed by atoms with Gasteiger partial charge in [-0.15, -0.1) is 0 Å². The summed E-state index contributed by atoms with van der Waals surface area (Å²) in [5, 5.41) is -0.266. The molecule has 0 aliphatic carbocycles. The smallest absolute Gasteiger partial charge is 0.372 e. The maximum Gasteiger partial charge on any atom is 0.372 e. The predicted molar refractivity (Wildman–Crippen MR) is 71.5 cm³/mol. The molecular weight excluding hydrogens is 244 g/mol. The molecule has 0 radical (unpaired) electrons. The van der Waals surface area contributed by atoms with Gasteiger partial charge in [0.05, 0.1) is 6.26 Å². The highest BCUT2D eigenvalue weighted by Gasteiger charge is 2.12. The summed E-state index contributed by atoms with van der Waals surface area (Å²) in [6, 6.07) is 1.14. The molecule has 0 aromatic carbocycles. The van der Waals surface area contributed by atoms with E-state index in [-0.39, 0.29) is 15.1 Å². The topological polar surface area (TPSA) is 35.5 Å². The van der Waals surface area contributed by atoms with Crippen LogP contribution in [-0.4, -0.2) is 29.1 Å². The van der Waals surface area contributed by atoms with Crippen LogP contribution in [0.15, 0.2) is 12.8 Å². The molecule has 0 aromatic heterocycles. The monoisotopic (exact) mass is 264 g/mol. The molecule has 0 aliphatic rings. The van der Waals surface area contributed by atoms with Gasteiger partial charge in [-0.3, -0.25) is 0 Å². The summed E-state index contributed by atoms with van der Waals surface area (Å²) in [5.74, 6) is 0.814. The fourth-order valence-electron chi connectivity index (χ4n) is 0.840. The van der Waals surface area contributed by atoms with E-state index in [1.54, 1.807) is 0 Å². The van der Waals surface area contributed by atoms with Crippen LogP contribution in [0.4, 0.5) is 4.79 Å². The zero-order valence-corrected chi connectivity index (χ0v) is 13.0. The number of carbonyl (C=O) groups is 1. The number of hydrogen-bond donors (Lipinski definition) is 0. The molecule has 6 heteroatoms. The Morgan fingerprint density at radius 3 is 2.73 bits per heavy atom. The van der Waals surface area contributed by atoms with Gasteiger partial charge in [0.15, 0.2) is 8.32 Å². The van der Waals surface area contributed by atoms with E-state index in [0.717, 1.165) is 18.2 Å². The Morgan fingerprint density at radius 1 is 1.53 bits per heavy atom. The van der Waals surface area contributed by atoms with Crippen LogP contribution in [0, 0.1) is 0 Å². The molecule has 0 aliphatic heterocycles. The first-order valence-corrected chi connectivity index (χ1v) is 11.0. The maximum atomic E-state index is 10.9. The van der Waals surface area contributed by atoms with Crippen LogP contribution in [0.5, 0.6) is 0 Å². The molecule has 0 fully saturated rings. The molecule has 88 valence electrons. The van der Waals surface area contributed by atoms with Crippen molar-refractivity contribution < 1.29 is 13.6 Å². The van der Waals surface area contributed by atoms with Gasteiger partial charge in [-0.1, -0.05) is 6.58 Å². The van der Waals surface area contributed by atoms with Gasteiger partial charge in [0, 0.05) is 5.75 Å². The average Bonchev–Trinajstić information content (AvgIpc) is 2.09. The average molecular weight is 264 g/mol. The molecule has 0 rings (SSSR count). The first-order valence-electron chi connectivity index (χ1n) is 5.04. The second-order valence-electron chi connectivity index (χ2n) is 4.05. The predicted octanol–water partition coefficient (Wildman–Crippen LogP) is 2.74. The van der Waals surface area contributed by atoms with Crippen LogP contribution < -0.4 is 0 Å². The third-order valence-corrected chi connectivity index (χ3v) is 7.37. The van der Waals surface area contributed by atoms with Crippen LogP contribution in [0.25, 0.3) is 0 Å². The van der Waals surface area contributed by atoms with Crippen molar-refractivity contribution in [2.24, 2.45) is 0 Å². The Kier molecular flexibility index (Phi) is 8.12. The first-order chi connectivity index (χ1) is 6.95. The normalized spacial score (nSPS) is 11.9. The fourth-order valence-corrected chi connectivity index (χ4v) is 5.33. The lowest BCUT2D eigenvalue weighted by Crippen LogP contribution is -2.27. The summed E-state index contributed by atoms with van der Waals surface area (Å²) in [7, 11) is -1.68. The van der Waals surface area contributed by atoms with Gasteiger partial charge >= 0.3 is 5.30 Å². The fraction of sp³-hybridized carbons (Fsp3) is 0.667. The highest BCUT2D eigenvalue weighted by Crippen LogP contribution is 2.09. The molecular formula is C9H20O3SSi2. The van der Waals surface area contributed by atoms with Crippen molar-refractivity contribution in [1.29, 1.82) is 0 Å². The van der Waals surface area contributed by atoms with Crippen LogP contribution in [0.1, 0.15) is 6.42 Å². The molecule has 0 bridgehead atoms. The SMILES string of the molecule is C=COC(=O)SCCC[SiH2]O[Si](C)(C)C. The third-order valence-electron chi connectivity index (χ3n) is 1.47. The van der Waals surface area contributed by atoms with E-state index in [0.29, 0.717) is 0 Å². The van der Waals surface area contributed by atoms with Gasteiger partial charge < -0.3 is 8.85 Å². The van der Waals surface area contributed by atoms with Gasteiger partial charge in [0.1, 0.15) is 9.76 Å². The minimum atomic E-state index is -1.30. The minimum absolute atomic E-state index is 0.266. The van der Waals surface area contributed by atoms with E-state index in [4.69, 9.17) is 4.12 Å². The number of hydrogen-bond acceptors (Lipinski definition) is 4. The van der Waals surface area contributed by atoms with Gasteiger partial charge in [0.2, 0.25) is 0 Å². The quantitative estimate of drug-likeness (QED) is 0.306. The van der Waals surface area contributed by atoms with Gasteiger partial charge in [-0.2, -0.15) is 0 Å². The first kappa shape index (κ1) is 15.0. The molecule has 0 amide bonds. The number of carbonyl (C=O) groups excluding carboxylic acids is 1. The van der Waals surface area contributed by atoms with E-state index in [2.05, 4.69) is 31.0 Å². The van der Waals surface area contributed by atoms with E-state index in [1.807, 2.05) is 0 Å². The third kappa shape index (κ3) is 11.9. The molecule has 15 heavy (non-hydrogen) atoms. The highest BCUT2D eigenvalue weighted by atomic mass is 32.2. The molecule has 0 saturated heterocycles. The Bertz CT molecular complexity index is 204. The van der Waals surface area contributed by atoms with Crippen molar-refractivity contribution in [3.63, 3.8) is 0 Å². The lowest BCUT2D eigenvalue weighted by Gasteiger charge is -2.16. The lowest BCUT2D eigenvalue weighted by atomic mass is 10.6. The van der Waals surface area contributed by atoms with Crippen molar-refractivity contribution in [2.75, 3.05) is 5.75 Å². The number of ether oxygens (including phenoxy) is 1. The van der Waals surface area contributed by atoms with E-state index >= 15 is 0 Å². The van der Waals surface area contributed by atoms with Crippen LogP contribution in [-0.2, 0) is 8.85 Å². The maximum absolute atomic E-state index is 10.9. The number of rotatable bonds is 7. The molecule has 0 aromatic rings. The second kappa shape index (κ2) is 8.15. The second-order valence-corrected chi connectivity index (χ2v) is 11.6. The molecule has 0 unspecified atom stereocenters. The van der Waals surface area contributed by atoms with Crippen molar-refractivity contribution in [2.45, 2.75) is 32.1 Å². The van der Waals surface area contributed by atoms with Gasteiger partial charge in [-0.05, 0) is 43.9 Å². The van der Waals surface area contributed by atoms with Crippen molar-refractivity contribution >= 4 is 35.1 Å². The van der Waals surface area contributed by atoms with E-state index in [1.165, 1.54) is 18.0 Å². The van der Waals surface area contributed by atoms with Crippen molar-refractivity contribution in [1.82, 2.24) is 0 Å². The summed E-state index contributed by atoms with van der Waals surface area (Å²) >= 11 is 1.20. The molecule has 3 nitrogen and oxygen atoms in total. The van der Waals surface area contributed by atoms with Crippen LogP contribution in [0.3, 0.4) is 0 Å². The molecule has 0 spiro atoms. The molecule has 0 N–H and O–H groups in total. The summed E-state index contributed by atoms with van der Waals surface area (Å²) in [5.41, 5.74) is 0. The molecule has 0 saturated carbocycles.